The summed E-state index contributed by atoms with van der Waals surface area (Å²) < 4.78 is 11.9. The van der Waals surface area contributed by atoms with Crippen molar-refractivity contribution in [3.05, 3.63) is 29.8 Å². The lowest BCUT2D eigenvalue weighted by molar-refractivity contribution is -0.115. The van der Waals surface area contributed by atoms with Crippen LogP contribution in [0.3, 0.4) is 0 Å². The van der Waals surface area contributed by atoms with E-state index in [4.69, 9.17) is 0 Å². The van der Waals surface area contributed by atoms with E-state index in [1.165, 1.54) is 0 Å². The molecular formula is C14H22N2O2S. The molecule has 0 bridgehead atoms. The van der Waals surface area contributed by atoms with E-state index >= 15 is 0 Å². The van der Waals surface area contributed by atoms with Gasteiger partial charge in [0, 0.05) is 27.0 Å². The second-order valence-electron chi connectivity index (χ2n) is 5.38. The van der Waals surface area contributed by atoms with Crippen LogP contribution in [0.5, 0.6) is 0 Å². The molecule has 0 aliphatic carbocycles. The van der Waals surface area contributed by atoms with Gasteiger partial charge in [0.1, 0.15) is 0 Å². The molecule has 0 aromatic heterocycles. The molecule has 0 saturated carbocycles. The molecule has 0 radical (unpaired) electrons. The summed E-state index contributed by atoms with van der Waals surface area (Å²) in [4.78, 5) is 11.5. The summed E-state index contributed by atoms with van der Waals surface area (Å²) in [7, 11) is 0.787. The largest absolute Gasteiger partial charge is 0.325 e. The lowest BCUT2D eigenvalue weighted by Crippen LogP contribution is -2.25. The zero-order valence-electron chi connectivity index (χ0n) is 11.9. The van der Waals surface area contributed by atoms with Crippen LogP contribution in [0.25, 0.3) is 0 Å². The topological polar surface area (TPSA) is 58.2 Å². The summed E-state index contributed by atoms with van der Waals surface area (Å²) in [5.41, 5.74) is 1.71. The molecule has 19 heavy (non-hydrogen) atoms. The van der Waals surface area contributed by atoms with Crippen molar-refractivity contribution in [1.82, 2.24) is 5.32 Å². The predicted octanol–water partition coefficient (Wildman–Crippen LogP) is 1.89. The lowest BCUT2D eigenvalue weighted by atomic mass is 10.2. The number of likely N-dealkylation sites (N-methyl/N-ethyl adjacent to an activating group) is 1. The van der Waals surface area contributed by atoms with Gasteiger partial charge in [-0.15, -0.1) is 0 Å². The summed E-state index contributed by atoms with van der Waals surface area (Å²) in [5.74, 6) is 0.413. The van der Waals surface area contributed by atoms with E-state index in [1.54, 1.807) is 7.05 Å². The third-order valence-electron chi connectivity index (χ3n) is 2.53. The van der Waals surface area contributed by atoms with Gasteiger partial charge in [0.25, 0.3) is 0 Å². The summed E-state index contributed by atoms with van der Waals surface area (Å²) in [6, 6.07) is 7.50. The summed E-state index contributed by atoms with van der Waals surface area (Å²) in [6.07, 6.45) is 0. The zero-order chi connectivity index (χ0) is 14.5. The van der Waals surface area contributed by atoms with Crippen molar-refractivity contribution in [3.63, 3.8) is 0 Å². The summed E-state index contributed by atoms with van der Waals surface area (Å²) >= 11 is 0. The number of carbonyl (C=O) groups excluding carboxylic acids is 1. The third-order valence-corrected chi connectivity index (χ3v) is 4.49. The number of carbonyl (C=O) groups is 1. The number of benzene rings is 1. The van der Waals surface area contributed by atoms with E-state index in [0.29, 0.717) is 5.75 Å². The first kappa shape index (κ1) is 15.9. The first-order valence-corrected chi connectivity index (χ1v) is 7.56. The smallest absolute Gasteiger partial charge is 0.238 e. The molecule has 1 aromatic carbocycles. The average Bonchev–Trinajstić information content (AvgIpc) is 2.28. The highest BCUT2D eigenvalue weighted by molar-refractivity contribution is 7.85. The van der Waals surface area contributed by atoms with E-state index in [1.807, 2.05) is 45.0 Å². The van der Waals surface area contributed by atoms with Crippen LogP contribution in [-0.2, 0) is 21.3 Å². The molecule has 4 nitrogen and oxygen atoms in total. The van der Waals surface area contributed by atoms with E-state index in [0.717, 1.165) is 11.3 Å². The molecule has 0 fully saturated rings. The molecule has 2 N–H and O–H groups in total. The first-order valence-electron chi connectivity index (χ1n) is 6.25. The van der Waals surface area contributed by atoms with E-state index < -0.39 is 10.8 Å². The predicted molar refractivity (Wildman–Crippen MR) is 80.6 cm³/mol. The molecule has 1 atom stereocenters. The van der Waals surface area contributed by atoms with E-state index in [2.05, 4.69) is 10.6 Å². The maximum atomic E-state index is 12.1. The Kier molecular flexibility index (Phi) is 5.69. The van der Waals surface area contributed by atoms with Crippen LogP contribution in [0.1, 0.15) is 26.3 Å². The van der Waals surface area contributed by atoms with E-state index in [9.17, 15) is 9.00 Å². The van der Waals surface area contributed by atoms with Crippen LogP contribution in [0.2, 0.25) is 0 Å². The van der Waals surface area contributed by atoms with Crippen molar-refractivity contribution >= 4 is 22.4 Å². The number of rotatable bonds is 5. The molecule has 106 valence electrons. The second-order valence-corrected chi connectivity index (χ2v) is 7.59. The standard InChI is InChI=1S/C14H22N2O2S/c1-14(2,3)19(18)10-11-6-5-7-12(8-11)16-13(17)9-15-4/h5-8,15H,9-10H2,1-4H3,(H,16,17). The highest BCUT2D eigenvalue weighted by atomic mass is 32.2. The molecule has 1 unspecified atom stereocenters. The monoisotopic (exact) mass is 282 g/mol. The summed E-state index contributed by atoms with van der Waals surface area (Å²) in [5, 5.41) is 5.59. The average molecular weight is 282 g/mol. The molecule has 0 aliphatic rings. The quantitative estimate of drug-likeness (QED) is 0.867. The summed E-state index contributed by atoms with van der Waals surface area (Å²) in [6.45, 7) is 6.16. The number of nitrogens with one attached hydrogen (secondary N) is 2. The Hall–Kier alpha value is -1.20. The van der Waals surface area contributed by atoms with Gasteiger partial charge in [-0.2, -0.15) is 0 Å². The van der Waals surface area contributed by atoms with Gasteiger partial charge in [-0.05, 0) is 45.5 Å². The lowest BCUT2D eigenvalue weighted by Gasteiger charge is -2.18. The minimum absolute atomic E-state index is 0.0865. The van der Waals surface area contributed by atoms with Crippen molar-refractivity contribution in [3.8, 4) is 0 Å². The van der Waals surface area contributed by atoms with Gasteiger partial charge in [0.05, 0.1) is 6.54 Å². The van der Waals surface area contributed by atoms with Crippen LogP contribution >= 0.6 is 0 Å². The molecule has 1 aromatic rings. The molecule has 5 heteroatoms. The number of anilines is 1. The van der Waals surface area contributed by atoms with Crippen LogP contribution < -0.4 is 10.6 Å². The van der Waals surface area contributed by atoms with Gasteiger partial charge in [0.2, 0.25) is 5.91 Å². The Morgan fingerprint density at radius 2 is 2.00 bits per heavy atom. The number of amides is 1. The maximum Gasteiger partial charge on any atom is 0.238 e. The van der Waals surface area contributed by atoms with Crippen molar-refractivity contribution in [2.75, 3.05) is 18.9 Å². The Morgan fingerprint density at radius 1 is 1.32 bits per heavy atom. The van der Waals surface area contributed by atoms with Crippen molar-refractivity contribution in [1.29, 1.82) is 0 Å². The Balaban J connectivity index is 2.72. The molecule has 0 aliphatic heterocycles. The maximum absolute atomic E-state index is 12.1. The highest BCUT2D eigenvalue weighted by Crippen LogP contribution is 2.18. The molecule has 1 rings (SSSR count). The fourth-order valence-electron chi connectivity index (χ4n) is 1.47. The van der Waals surface area contributed by atoms with Gasteiger partial charge >= 0.3 is 0 Å². The SMILES string of the molecule is CNCC(=O)Nc1cccc(CS(=O)C(C)(C)C)c1. The van der Waals surface area contributed by atoms with Crippen molar-refractivity contribution in [2.45, 2.75) is 31.3 Å². The van der Waals surface area contributed by atoms with Crippen molar-refractivity contribution < 1.29 is 9.00 Å². The Labute approximate surface area is 117 Å². The fraction of sp³-hybridized carbons (Fsp3) is 0.500. The van der Waals surface area contributed by atoms with Gasteiger partial charge < -0.3 is 10.6 Å². The molecule has 1 amide bonds. The molecule has 0 spiro atoms. The van der Waals surface area contributed by atoms with E-state index in [-0.39, 0.29) is 17.2 Å². The second kappa shape index (κ2) is 6.82. The molecular weight excluding hydrogens is 260 g/mol. The number of hydrogen-bond donors (Lipinski definition) is 2. The van der Waals surface area contributed by atoms with Gasteiger partial charge in [-0.3, -0.25) is 9.00 Å². The highest BCUT2D eigenvalue weighted by Gasteiger charge is 2.19. The third kappa shape index (κ3) is 5.53. The minimum atomic E-state index is -0.938. The van der Waals surface area contributed by atoms with Crippen molar-refractivity contribution in [2.24, 2.45) is 0 Å². The fourth-order valence-corrected chi connectivity index (χ4v) is 2.39. The zero-order valence-corrected chi connectivity index (χ0v) is 12.8. The number of hydrogen-bond acceptors (Lipinski definition) is 3. The Bertz CT molecular complexity index is 467. The molecule has 0 heterocycles. The van der Waals surface area contributed by atoms with Crippen LogP contribution in [-0.4, -0.2) is 28.5 Å². The van der Waals surface area contributed by atoms with Crippen LogP contribution in [0, 0.1) is 0 Å². The van der Waals surface area contributed by atoms with Crippen LogP contribution in [0.4, 0.5) is 5.69 Å². The van der Waals surface area contributed by atoms with Crippen LogP contribution in [0.15, 0.2) is 24.3 Å². The van der Waals surface area contributed by atoms with Gasteiger partial charge in [-0.1, -0.05) is 12.1 Å². The first-order chi connectivity index (χ1) is 8.82. The normalized spacial score (nSPS) is 13.1. The van der Waals surface area contributed by atoms with Gasteiger partial charge in [0.15, 0.2) is 0 Å². The minimum Gasteiger partial charge on any atom is -0.325 e. The Morgan fingerprint density at radius 3 is 2.58 bits per heavy atom. The van der Waals surface area contributed by atoms with Gasteiger partial charge in [-0.25, -0.2) is 0 Å². The molecule has 0 saturated heterocycles.